The number of ketones is 1. The normalized spacial score (nSPS) is 9.86. The van der Waals surface area contributed by atoms with Gasteiger partial charge in [-0.15, -0.1) is 4.91 Å². The highest BCUT2D eigenvalue weighted by molar-refractivity contribution is 5.98. The van der Waals surface area contributed by atoms with E-state index in [2.05, 4.69) is 5.18 Å². The van der Waals surface area contributed by atoms with Crippen molar-refractivity contribution in [1.29, 1.82) is 0 Å². The van der Waals surface area contributed by atoms with Crippen LogP contribution in [0.25, 0.3) is 0 Å². The summed E-state index contributed by atoms with van der Waals surface area (Å²) >= 11 is 0. The number of rotatable bonds is 3. The predicted molar refractivity (Wildman–Crippen MR) is 46.9 cm³/mol. The van der Waals surface area contributed by atoms with E-state index in [4.69, 9.17) is 10.8 Å². The van der Waals surface area contributed by atoms with Gasteiger partial charge in [0.2, 0.25) is 0 Å². The maximum Gasteiger partial charge on any atom is 0.179 e. The van der Waals surface area contributed by atoms with Crippen LogP contribution in [-0.4, -0.2) is 17.4 Å². The second-order valence-corrected chi connectivity index (χ2v) is 2.54. The van der Waals surface area contributed by atoms with Crippen molar-refractivity contribution in [3.8, 4) is 5.75 Å². The summed E-state index contributed by atoms with van der Waals surface area (Å²) < 4.78 is 13.1. The molecule has 3 N–H and O–H groups in total. The molecule has 0 bridgehead atoms. The zero-order chi connectivity index (χ0) is 10.7. The highest BCUT2D eigenvalue weighted by Crippen LogP contribution is 2.29. The number of nitrogens with two attached hydrogens (primary N) is 1. The van der Waals surface area contributed by atoms with Gasteiger partial charge in [0.1, 0.15) is 11.6 Å². The molecule has 1 aromatic carbocycles. The van der Waals surface area contributed by atoms with Crippen molar-refractivity contribution >= 4 is 11.5 Å². The fraction of sp³-hybridized carbons (Fsp3) is 0.125. The molecule has 0 amide bonds. The van der Waals surface area contributed by atoms with Crippen LogP contribution in [0.1, 0.15) is 10.4 Å². The molecular formula is C8H7FN2O3. The van der Waals surface area contributed by atoms with E-state index >= 15 is 0 Å². The molecule has 74 valence electrons. The molecule has 1 rings (SSSR count). The van der Waals surface area contributed by atoms with Gasteiger partial charge in [-0.25, -0.2) is 4.39 Å². The summed E-state index contributed by atoms with van der Waals surface area (Å²) in [5.41, 5.74) is 4.21. The molecule has 14 heavy (non-hydrogen) atoms. The SMILES string of the molecule is NCC(=O)c1cc(O)c(N=O)cc1F. The summed E-state index contributed by atoms with van der Waals surface area (Å²) in [7, 11) is 0. The Morgan fingerprint density at radius 3 is 2.71 bits per heavy atom. The van der Waals surface area contributed by atoms with Gasteiger partial charge in [0.25, 0.3) is 0 Å². The number of Topliss-reactive ketones (excluding diaryl/α,β-unsaturated/α-hetero) is 1. The first-order chi connectivity index (χ1) is 6.60. The van der Waals surface area contributed by atoms with E-state index in [1.165, 1.54) is 0 Å². The monoisotopic (exact) mass is 198 g/mol. The molecule has 0 fully saturated rings. The lowest BCUT2D eigenvalue weighted by Gasteiger charge is -2.02. The quantitative estimate of drug-likeness (QED) is 0.561. The third-order valence-electron chi connectivity index (χ3n) is 1.65. The number of nitrogens with zero attached hydrogens (tertiary/aromatic N) is 1. The lowest BCUT2D eigenvalue weighted by Crippen LogP contribution is -2.14. The van der Waals surface area contributed by atoms with Crippen LogP contribution in [0, 0.1) is 10.7 Å². The van der Waals surface area contributed by atoms with Gasteiger partial charge < -0.3 is 10.8 Å². The van der Waals surface area contributed by atoms with Gasteiger partial charge in [0.15, 0.2) is 11.5 Å². The number of hydrogen-bond acceptors (Lipinski definition) is 5. The van der Waals surface area contributed by atoms with E-state index in [1.54, 1.807) is 0 Å². The van der Waals surface area contributed by atoms with Crippen LogP contribution in [0.2, 0.25) is 0 Å². The molecule has 1 aromatic rings. The Kier molecular flexibility index (Phi) is 2.88. The van der Waals surface area contributed by atoms with E-state index in [1.807, 2.05) is 0 Å². The first-order valence-corrected chi connectivity index (χ1v) is 3.69. The standard InChI is InChI=1S/C8H7FN2O3/c9-5-2-6(11-14)7(12)1-4(5)8(13)3-10/h1-2,12H,3,10H2. The molecule has 0 aromatic heterocycles. The number of carbonyl (C=O) groups is 1. The summed E-state index contributed by atoms with van der Waals surface area (Å²) in [6.45, 7) is -0.371. The van der Waals surface area contributed by atoms with Gasteiger partial charge in [-0.05, 0) is 11.2 Å². The minimum atomic E-state index is -0.923. The smallest absolute Gasteiger partial charge is 0.179 e. The molecule has 0 radical (unpaired) electrons. The van der Waals surface area contributed by atoms with Gasteiger partial charge >= 0.3 is 0 Å². The minimum Gasteiger partial charge on any atom is -0.506 e. The van der Waals surface area contributed by atoms with Crippen molar-refractivity contribution in [2.24, 2.45) is 10.9 Å². The zero-order valence-corrected chi connectivity index (χ0v) is 7.03. The molecule has 0 heterocycles. The number of nitroso groups, excluding NO2 is 1. The van der Waals surface area contributed by atoms with E-state index in [0.717, 1.165) is 6.07 Å². The van der Waals surface area contributed by atoms with Crippen molar-refractivity contribution in [2.45, 2.75) is 0 Å². The second kappa shape index (κ2) is 3.93. The second-order valence-electron chi connectivity index (χ2n) is 2.54. The Balaban J connectivity index is 3.28. The van der Waals surface area contributed by atoms with E-state index in [0.29, 0.717) is 6.07 Å². The van der Waals surface area contributed by atoms with Crippen LogP contribution < -0.4 is 5.73 Å². The maximum atomic E-state index is 13.1. The summed E-state index contributed by atoms with van der Waals surface area (Å²) in [6, 6.07) is 1.52. The first-order valence-electron chi connectivity index (χ1n) is 3.69. The fourth-order valence-corrected chi connectivity index (χ4v) is 0.948. The number of carbonyl (C=O) groups excluding carboxylic acids is 1. The molecule has 0 aliphatic carbocycles. The average Bonchev–Trinajstić information content (AvgIpc) is 2.19. The van der Waals surface area contributed by atoms with Gasteiger partial charge in [0, 0.05) is 6.07 Å². The van der Waals surface area contributed by atoms with E-state index in [-0.39, 0.29) is 12.1 Å². The molecule has 5 nitrogen and oxygen atoms in total. The topological polar surface area (TPSA) is 92.8 Å². The van der Waals surface area contributed by atoms with Crippen LogP contribution in [0.4, 0.5) is 10.1 Å². The zero-order valence-electron chi connectivity index (χ0n) is 7.03. The highest BCUT2D eigenvalue weighted by Gasteiger charge is 2.14. The third-order valence-corrected chi connectivity index (χ3v) is 1.65. The summed E-state index contributed by atoms with van der Waals surface area (Å²) in [5, 5.41) is 11.5. The largest absolute Gasteiger partial charge is 0.506 e. The number of hydrogen-bond donors (Lipinski definition) is 2. The van der Waals surface area contributed by atoms with Gasteiger partial charge in [0.05, 0.1) is 12.1 Å². The Morgan fingerprint density at radius 2 is 2.21 bits per heavy atom. The summed E-state index contributed by atoms with van der Waals surface area (Å²) in [5.74, 6) is -2.12. The van der Waals surface area contributed by atoms with Crippen LogP contribution in [0.15, 0.2) is 17.3 Å². The van der Waals surface area contributed by atoms with Crippen molar-refractivity contribution in [3.05, 3.63) is 28.4 Å². The Morgan fingerprint density at radius 1 is 1.57 bits per heavy atom. The number of aromatic hydroxyl groups is 1. The third kappa shape index (κ3) is 1.74. The van der Waals surface area contributed by atoms with E-state index in [9.17, 15) is 14.1 Å². The Bertz CT molecular complexity index is 392. The van der Waals surface area contributed by atoms with Gasteiger partial charge in [-0.2, -0.15) is 0 Å². The predicted octanol–water partition coefficient (Wildman–Crippen LogP) is 1.07. The number of phenolic OH excluding ortho intramolecular Hbond substituents is 1. The molecular weight excluding hydrogens is 191 g/mol. The first kappa shape index (κ1) is 10.3. The van der Waals surface area contributed by atoms with E-state index < -0.39 is 23.0 Å². The highest BCUT2D eigenvalue weighted by atomic mass is 19.1. The Labute approximate surface area is 78.3 Å². The van der Waals surface area contributed by atoms with Crippen molar-refractivity contribution in [3.63, 3.8) is 0 Å². The molecule has 6 heteroatoms. The fourth-order valence-electron chi connectivity index (χ4n) is 0.948. The van der Waals surface area contributed by atoms with Crippen LogP contribution in [-0.2, 0) is 0 Å². The van der Waals surface area contributed by atoms with Crippen LogP contribution >= 0.6 is 0 Å². The molecule has 0 aliphatic heterocycles. The van der Waals surface area contributed by atoms with Crippen molar-refractivity contribution in [1.82, 2.24) is 0 Å². The maximum absolute atomic E-state index is 13.1. The lowest BCUT2D eigenvalue weighted by atomic mass is 10.1. The van der Waals surface area contributed by atoms with Gasteiger partial charge in [-0.1, -0.05) is 0 Å². The van der Waals surface area contributed by atoms with Crippen molar-refractivity contribution in [2.75, 3.05) is 6.54 Å². The summed E-state index contributed by atoms with van der Waals surface area (Å²) in [4.78, 5) is 21.0. The molecule has 0 atom stereocenters. The molecule has 0 spiro atoms. The van der Waals surface area contributed by atoms with Crippen LogP contribution in [0.3, 0.4) is 0 Å². The Hall–Kier alpha value is -1.82. The van der Waals surface area contributed by atoms with Gasteiger partial charge in [-0.3, -0.25) is 4.79 Å². The minimum absolute atomic E-state index is 0.350. The number of phenols is 1. The average molecular weight is 198 g/mol. The van der Waals surface area contributed by atoms with Crippen LogP contribution in [0.5, 0.6) is 5.75 Å². The molecule has 0 aliphatic rings. The summed E-state index contributed by atoms with van der Waals surface area (Å²) in [6.07, 6.45) is 0. The molecule has 0 saturated heterocycles. The number of halogens is 1. The number of benzene rings is 1. The molecule has 0 unspecified atom stereocenters. The molecule has 0 saturated carbocycles. The van der Waals surface area contributed by atoms with Crippen molar-refractivity contribution < 1.29 is 14.3 Å². The lowest BCUT2D eigenvalue weighted by molar-refractivity contribution is 0.0997.